The van der Waals surface area contributed by atoms with Crippen LogP contribution in [0.15, 0.2) is 11.6 Å². The van der Waals surface area contributed by atoms with Crippen molar-refractivity contribution in [2.75, 3.05) is 6.61 Å². The van der Waals surface area contributed by atoms with Gasteiger partial charge in [-0.1, -0.05) is 13.8 Å². The van der Waals surface area contributed by atoms with Gasteiger partial charge in [0.2, 0.25) is 0 Å². The molecule has 0 unspecified atom stereocenters. The number of rotatable bonds is 2. The molecule has 0 radical (unpaired) electrons. The molecule has 0 saturated heterocycles. The zero-order valence-corrected chi connectivity index (χ0v) is 7.71. The maximum atomic E-state index is 11.4. The van der Waals surface area contributed by atoms with Gasteiger partial charge in [0.05, 0.1) is 6.61 Å². The summed E-state index contributed by atoms with van der Waals surface area (Å²) >= 11 is 0. The Morgan fingerprint density at radius 1 is 1.67 bits per heavy atom. The van der Waals surface area contributed by atoms with E-state index in [0.29, 0.717) is 5.92 Å². The summed E-state index contributed by atoms with van der Waals surface area (Å²) in [5.41, 5.74) is 0.886. The van der Waals surface area contributed by atoms with Crippen LogP contribution in [0.4, 0.5) is 0 Å². The van der Waals surface area contributed by atoms with Gasteiger partial charge in [-0.05, 0) is 30.4 Å². The van der Waals surface area contributed by atoms with Gasteiger partial charge in [-0.15, -0.1) is 0 Å². The summed E-state index contributed by atoms with van der Waals surface area (Å²) in [6, 6.07) is 0. The van der Waals surface area contributed by atoms with E-state index in [9.17, 15) is 4.79 Å². The highest BCUT2D eigenvalue weighted by molar-refractivity contribution is 5.93. The number of allylic oxidation sites excluding steroid dienone is 1. The molecule has 68 valence electrons. The molecule has 0 aromatic carbocycles. The van der Waals surface area contributed by atoms with Crippen molar-refractivity contribution in [3.63, 3.8) is 0 Å². The molecule has 1 aliphatic carbocycles. The van der Waals surface area contributed by atoms with Crippen molar-refractivity contribution in [3.05, 3.63) is 11.6 Å². The van der Waals surface area contributed by atoms with Crippen LogP contribution in [0.3, 0.4) is 0 Å². The van der Waals surface area contributed by atoms with Crippen molar-refractivity contribution in [1.29, 1.82) is 0 Å². The van der Waals surface area contributed by atoms with E-state index in [-0.39, 0.29) is 18.3 Å². The smallest absolute Gasteiger partial charge is 0.159 e. The van der Waals surface area contributed by atoms with Crippen LogP contribution in [0.2, 0.25) is 0 Å². The standard InChI is InChI=1S/C10H16O2/c1-7(2)9-4-3-8(6-11)5-10(9)12/h5,7,9,11H,3-4,6H2,1-2H3/t9-/m0/s1. The normalized spacial score (nSPS) is 24.5. The number of hydrogen-bond donors (Lipinski definition) is 1. The summed E-state index contributed by atoms with van der Waals surface area (Å²) in [6.07, 6.45) is 3.40. The molecule has 0 fully saturated rings. The van der Waals surface area contributed by atoms with Crippen molar-refractivity contribution in [1.82, 2.24) is 0 Å². The molecular weight excluding hydrogens is 152 g/mol. The summed E-state index contributed by atoms with van der Waals surface area (Å²) in [6.45, 7) is 4.18. The number of aliphatic hydroxyl groups is 1. The van der Waals surface area contributed by atoms with Gasteiger partial charge in [-0.3, -0.25) is 4.79 Å². The number of hydrogen-bond acceptors (Lipinski definition) is 2. The molecule has 1 aliphatic rings. The molecule has 1 rings (SSSR count). The number of carbonyl (C=O) groups is 1. The Morgan fingerprint density at radius 3 is 2.75 bits per heavy atom. The largest absolute Gasteiger partial charge is 0.392 e. The number of ketones is 1. The van der Waals surface area contributed by atoms with Crippen molar-refractivity contribution < 1.29 is 9.90 Å². The molecule has 0 heterocycles. The average Bonchev–Trinajstić information content (AvgIpc) is 2.03. The molecule has 0 spiro atoms. The topological polar surface area (TPSA) is 37.3 Å². The van der Waals surface area contributed by atoms with Crippen LogP contribution in [0, 0.1) is 11.8 Å². The van der Waals surface area contributed by atoms with E-state index in [0.717, 1.165) is 18.4 Å². The minimum absolute atomic E-state index is 0.0382. The Labute approximate surface area is 73.3 Å². The first kappa shape index (κ1) is 9.46. The lowest BCUT2D eigenvalue weighted by atomic mass is 9.81. The van der Waals surface area contributed by atoms with Gasteiger partial charge in [0.1, 0.15) is 0 Å². The first-order chi connectivity index (χ1) is 5.65. The van der Waals surface area contributed by atoms with Crippen molar-refractivity contribution >= 4 is 5.78 Å². The summed E-state index contributed by atoms with van der Waals surface area (Å²) in [7, 11) is 0. The quantitative estimate of drug-likeness (QED) is 0.679. The predicted octanol–water partition coefficient (Wildman–Crippen LogP) is 1.54. The predicted molar refractivity (Wildman–Crippen MR) is 47.7 cm³/mol. The van der Waals surface area contributed by atoms with Gasteiger partial charge >= 0.3 is 0 Å². The highest BCUT2D eigenvalue weighted by atomic mass is 16.3. The molecular formula is C10H16O2. The Kier molecular flexibility index (Phi) is 3.04. The molecule has 0 aliphatic heterocycles. The van der Waals surface area contributed by atoms with E-state index in [4.69, 9.17) is 5.11 Å². The molecule has 0 aromatic heterocycles. The Hall–Kier alpha value is -0.630. The van der Waals surface area contributed by atoms with E-state index in [2.05, 4.69) is 13.8 Å². The molecule has 0 aromatic rings. The van der Waals surface area contributed by atoms with Gasteiger partial charge in [-0.2, -0.15) is 0 Å². The fourth-order valence-electron chi connectivity index (χ4n) is 1.65. The summed E-state index contributed by atoms with van der Waals surface area (Å²) in [5, 5.41) is 8.81. The van der Waals surface area contributed by atoms with Gasteiger partial charge < -0.3 is 5.11 Å². The molecule has 2 heteroatoms. The second-order valence-electron chi connectivity index (χ2n) is 3.75. The van der Waals surface area contributed by atoms with E-state index < -0.39 is 0 Å². The monoisotopic (exact) mass is 168 g/mol. The van der Waals surface area contributed by atoms with Gasteiger partial charge in [0.15, 0.2) is 5.78 Å². The van der Waals surface area contributed by atoms with Gasteiger partial charge in [0.25, 0.3) is 0 Å². The van der Waals surface area contributed by atoms with Gasteiger partial charge in [0, 0.05) is 5.92 Å². The highest BCUT2D eigenvalue weighted by Gasteiger charge is 2.24. The number of carbonyl (C=O) groups excluding carboxylic acids is 1. The van der Waals surface area contributed by atoms with Crippen molar-refractivity contribution in [2.24, 2.45) is 11.8 Å². The molecule has 0 amide bonds. The fraction of sp³-hybridized carbons (Fsp3) is 0.700. The first-order valence-corrected chi connectivity index (χ1v) is 4.49. The van der Waals surface area contributed by atoms with Crippen LogP contribution in [0.1, 0.15) is 26.7 Å². The molecule has 0 bridgehead atoms. The lowest BCUT2D eigenvalue weighted by Crippen LogP contribution is -2.23. The van der Waals surface area contributed by atoms with E-state index >= 15 is 0 Å². The van der Waals surface area contributed by atoms with Crippen LogP contribution >= 0.6 is 0 Å². The third-order valence-electron chi connectivity index (χ3n) is 2.50. The molecule has 0 saturated carbocycles. The molecule has 12 heavy (non-hydrogen) atoms. The summed E-state index contributed by atoms with van der Waals surface area (Å²) < 4.78 is 0. The van der Waals surface area contributed by atoms with Crippen molar-refractivity contribution in [2.45, 2.75) is 26.7 Å². The first-order valence-electron chi connectivity index (χ1n) is 4.49. The zero-order chi connectivity index (χ0) is 9.14. The minimum atomic E-state index is 0.0382. The average molecular weight is 168 g/mol. The Morgan fingerprint density at radius 2 is 2.33 bits per heavy atom. The molecule has 1 atom stereocenters. The third-order valence-corrected chi connectivity index (χ3v) is 2.50. The summed E-state index contributed by atoms with van der Waals surface area (Å²) in [5.74, 6) is 0.801. The van der Waals surface area contributed by atoms with E-state index in [1.165, 1.54) is 0 Å². The Bertz CT molecular complexity index is 204. The van der Waals surface area contributed by atoms with Crippen LogP contribution in [-0.4, -0.2) is 17.5 Å². The maximum Gasteiger partial charge on any atom is 0.159 e. The third kappa shape index (κ3) is 1.95. The molecule has 1 N–H and O–H groups in total. The fourth-order valence-corrected chi connectivity index (χ4v) is 1.65. The lowest BCUT2D eigenvalue weighted by molar-refractivity contribution is -0.120. The van der Waals surface area contributed by atoms with Crippen molar-refractivity contribution in [3.8, 4) is 0 Å². The zero-order valence-electron chi connectivity index (χ0n) is 7.71. The SMILES string of the molecule is CC(C)[C@@H]1CCC(CO)=CC1=O. The second kappa shape index (κ2) is 3.85. The lowest BCUT2D eigenvalue weighted by Gasteiger charge is -2.22. The minimum Gasteiger partial charge on any atom is -0.392 e. The van der Waals surface area contributed by atoms with Crippen LogP contribution in [-0.2, 0) is 4.79 Å². The summed E-state index contributed by atoms with van der Waals surface area (Å²) in [4.78, 5) is 11.4. The Balaban J connectivity index is 2.67. The van der Waals surface area contributed by atoms with E-state index in [1.807, 2.05) is 0 Å². The maximum absolute atomic E-state index is 11.4. The van der Waals surface area contributed by atoms with E-state index in [1.54, 1.807) is 6.08 Å². The van der Waals surface area contributed by atoms with Crippen LogP contribution in [0.5, 0.6) is 0 Å². The van der Waals surface area contributed by atoms with Crippen LogP contribution < -0.4 is 0 Å². The second-order valence-corrected chi connectivity index (χ2v) is 3.75. The number of aliphatic hydroxyl groups excluding tert-OH is 1. The molecule has 2 nitrogen and oxygen atoms in total. The van der Waals surface area contributed by atoms with Crippen LogP contribution in [0.25, 0.3) is 0 Å². The van der Waals surface area contributed by atoms with Gasteiger partial charge in [-0.25, -0.2) is 0 Å². The highest BCUT2D eigenvalue weighted by Crippen LogP contribution is 2.26.